The monoisotopic (exact) mass is 241 g/mol. The topological polar surface area (TPSA) is 33.0 Å². The summed E-state index contributed by atoms with van der Waals surface area (Å²) in [7, 11) is 1.67. The molecule has 1 fully saturated rings. The number of hydrogen-bond donors (Lipinski definition) is 0. The van der Waals surface area contributed by atoms with Crippen LogP contribution in [-0.2, 0) is 5.41 Å². The van der Waals surface area contributed by atoms with E-state index in [0.717, 1.165) is 35.3 Å². The van der Waals surface area contributed by atoms with Gasteiger partial charge in [0.15, 0.2) is 0 Å². The second-order valence-electron chi connectivity index (χ2n) is 5.21. The van der Waals surface area contributed by atoms with Gasteiger partial charge in [-0.15, -0.1) is 0 Å². The van der Waals surface area contributed by atoms with Crippen LogP contribution in [0.15, 0.2) is 30.4 Å². The summed E-state index contributed by atoms with van der Waals surface area (Å²) in [5.74, 6) is 1.13. The van der Waals surface area contributed by atoms with Crippen LogP contribution in [0.4, 0.5) is 0 Å². The first-order valence-corrected chi connectivity index (χ1v) is 6.27. The summed E-state index contributed by atoms with van der Waals surface area (Å²) in [4.78, 5) is 0. The minimum atomic E-state index is -0.396. The Morgan fingerprint density at radius 2 is 2.28 bits per heavy atom. The van der Waals surface area contributed by atoms with Crippen molar-refractivity contribution in [1.82, 2.24) is 0 Å². The molecule has 0 N–H and O–H groups in total. The number of benzene rings is 1. The van der Waals surface area contributed by atoms with Gasteiger partial charge < -0.3 is 4.74 Å². The maximum atomic E-state index is 9.61. The standard InChI is InChI=1S/C16H19NO/c1-11(2)14-7-8-16(14,10-17)13-6-5-12(3)15(9-13)18-4/h5-6,9,14H,1,7-8H2,2-4H3/t14-,16-/m1/s1. The molecule has 1 aliphatic rings. The predicted octanol–water partition coefficient (Wildman–Crippen LogP) is 3.75. The number of aryl methyl sites for hydroxylation is 1. The van der Waals surface area contributed by atoms with Crippen LogP contribution in [0.2, 0.25) is 0 Å². The molecule has 2 nitrogen and oxygen atoms in total. The molecular formula is C16H19NO. The highest BCUT2D eigenvalue weighted by Crippen LogP contribution is 2.52. The highest BCUT2D eigenvalue weighted by atomic mass is 16.5. The molecule has 0 spiro atoms. The van der Waals surface area contributed by atoms with Gasteiger partial charge in [0, 0.05) is 5.92 Å². The molecule has 1 saturated carbocycles. The highest BCUT2D eigenvalue weighted by molar-refractivity contribution is 5.46. The van der Waals surface area contributed by atoms with E-state index in [2.05, 4.69) is 18.7 Å². The Kier molecular flexibility index (Phi) is 3.17. The molecule has 0 unspecified atom stereocenters. The number of ether oxygens (including phenoxy) is 1. The maximum Gasteiger partial charge on any atom is 0.122 e. The summed E-state index contributed by atoms with van der Waals surface area (Å²) in [6.07, 6.45) is 1.96. The predicted molar refractivity (Wildman–Crippen MR) is 72.6 cm³/mol. The second kappa shape index (κ2) is 4.49. The molecular weight excluding hydrogens is 222 g/mol. The van der Waals surface area contributed by atoms with Crippen LogP contribution in [0.25, 0.3) is 0 Å². The molecule has 0 aliphatic heterocycles. The van der Waals surface area contributed by atoms with E-state index in [1.54, 1.807) is 7.11 Å². The number of allylic oxidation sites excluding steroid dienone is 1. The Labute approximate surface area is 109 Å². The molecule has 1 aromatic carbocycles. The van der Waals surface area contributed by atoms with Gasteiger partial charge in [-0.25, -0.2) is 0 Å². The van der Waals surface area contributed by atoms with Crippen molar-refractivity contribution in [1.29, 1.82) is 5.26 Å². The lowest BCUT2D eigenvalue weighted by molar-refractivity contribution is 0.219. The van der Waals surface area contributed by atoms with Gasteiger partial charge in [0.2, 0.25) is 0 Å². The zero-order chi connectivity index (χ0) is 13.3. The smallest absolute Gasteiger partial charge is 0.122 e. The minimum absolute atomic E-state index is 0.273. The first-order chi connectivity index (χ1) is 8.55. The van der Waals surface area contributed by atoms with E-state index < -0.39 is 5.41 Å². The SMILES string of the molecule is C=C(C)[C@H]1CC[C@@]1(C#N)c1ccc(C)c(OC)c1. The van der Waals surface area contributed by atoms with Crippen molar-refractivity contribution in [3.05, 3.63) is 41.5 Å². The van der Waals surface area contributed by atoms with E-state index >= 15 is 0 Å². The third-order valence-corrected chi connectivity index (χ3v) is 4.14. The van der Waals surface area contributed by atoms with Crippen molar-refractivity contribution in [2.75, 3.05) is 7.11 Å². The average Bonchev–Trinajstić information content (AvgIpc) is 2.30. The number of rotatable bonds is 3. The lowest BCUT2D eigenvalue weighted by atomic mass is 9.55. The van der Waals surface area contributed by atoms with Crippen LogP contribution in [0.3, 0.4) is 0 Å². The molecule has 2 rings (SSSR count). The van der Waals surface area contributed by atoms with E-state index in [9.17, 15) is 5.26 Å². The van der Waals surface area contributed by atoms with Crippen molar-refractivity contribution in [3.8, 4) is 11.8 Å². The zero-order valence-electron chi connectivity index (χ0n) is 11.3. The fourth-order valence-corrected chi connectivity index (χ4v) is 2.89. The Bertz CT molecular complexity index is 526. The fraction of sp³-hybridized carbons (Fsp3) is 0.438. The van der Waals surface area contributed by atoms with E-state index in [4.69, 9.17) is 4.74 Å². The largest absolute Gasteiger partial charge is 0.496 e. The lowest BCUT2D eigenvalue weighted by Crippen LogP contribution is -2.43. The minimum Gasteiger partial charge on any atom is -0.496 e. The molecule has 0 amide bonds. The molecule has 0 saturated heterocycles. The Morgan fingerprint density at radius 1 is 1.56 bits per heavy atom. The molecule has 1 aromatic rings. The second-order valence-corrected chi connectivity index (χ2v) is 5.21. The van der Waals surface area contributed by atoms with E-state index in [-0.39, 0.29) is 5.92 Å². The van der Waals surface area contributed by atoms with Crippen LogP contribution in [0.5, 0.6) is 5.75 Å². The summed E-state index contributed by atoms with van der Waals surface area (Å²) >= 11 is 0. The van der Waals surface area contributed by atoms with Crippen molar-refractivity contribution in [2.24, 2.45) is 5.92 Å². The van der Waals surface area contributed by atoms with Crippen LogP contribution >= 0.6 is 0 Å². The van der Waals surface area contributed by atoms with E-state index in [1.165, 1.54) is 0 Å². The highest BCUT2D eigenvalue weighted by Gasteiger charge is 2.49. The molecule has 0 heterocycles. The fourth-order valence-electron chi connectivity index (χ4n) is 2.89. The third-order valence-electron chi connectivity index (χ3n) is 4.14. The molecule has 18 heavy (non-hydrogen) atoms. The van der Waals surface area contributed by atoms with Gasteiger partial charge >= 0.3 is 0 Å². The molecule has 1 aliphatic carbocycles. The van der Waals surface area contributed by atoms with Crippen molar-refractivity contribution in [2.45, 2.75) is 32.1 Å². The van der Waals surface area contributed by atoms with Gasteiger partial charge in [0.25, 0.3) is 0 Å². The van der Waals surface area contributed by atoms with Crippen molar-refractivity contribution < 1.29 is 4.74 Å². The quantitative estimate of drug-likeness (QED) is 0.755. The lowest BCUT2D eigenvalue weighted by Gasteiger charge is -2.45. The number of nitriles is 1. The van der Waals surface area contributed by atoms with Gasteiger partial charge in [-0.3, -0.25) is 0 Å². The average molecular weight is 241 g/mol. The summed E-state index contributed by atoms with van der Waals surface area (Å²) in [5.41, 5.74) is 2.86. The molecule has 94 valence electrons. The van der Waals surface area contributed by atoms with Crippen LogP contribution in [0.1, 0.15) is 30.9 Å². The van der Waals surface area contributed by atoms with Crippen LogP contribution in [-0.4, -0.2) is 7.11 Å². The first kappa shape index (κ1) is 12.7. The summed E-state index contributed by atoms with van der Waals surface area (Å²) in [6.45, 7) is 8.05. The van der Waals surface area contributed by atoms with E-state index in [0.29, 0.717) is 0 Å². The van der Waals surface area contributed by atoms with Crippen LogP contribution in [0, 0.1) is 24.2 Å². The zero-order valence-corrected chi connectivity index (χ0v) is 11.3. The van der Waals surface area contributed by atoms with Gasteiger partial charge in [-0.05, 0) is 43.9 Å². The summed E-state index contributed by atoms with van der Waals surface area (Å²) in [5, 5.41) is 9.61. The Balaban J connectivity index is 2.47. The normalized spacial score (nSPS) is 26.0. The van der Waals surface area contributed by atoms with Crippen LogP contribution < -0.4 is 4.74 Å². The van der Waals surface area contributed by atoms with Crippen molar-refractivity contribution in [3.63, 3.8) is 0 Å². The van der Waals surface area contributed by atoms with E-state index in [1.807, 2.05) is 26.0 Å². The molecule has 0 aromatic heterocycles. The molecule has 2 atom stereocenters. The first-order valence-electron chi connectivity index (χ1n) is 6.27. The van der Waals surface area contributed by atoms with Gasteiger partial charge in [0.05, 0.1) is 18.6 Å². The summed E-state index contributed by atoms with van der Waals surface area (Å²) in [6, 6.07) is 8.61. The third kappa shape index (κ3) is 1.71. The Hall–Kier alpha value is -1.75. The van der Waals surface area contributed by atoms with Gasteiger partial charge in [-0.2, -0.15) is 5.26 Å². The molecule has 2 heteroatoms. The van der Waals surface area contributed by atoms with Gasteiger partial charge in [-0.1, -0.05) is 24.3 Å². The molecule has 0 radical (unpaired) electrons. The maximum absolute atomic E-state index is 9.61. The Morgan fingerprint density at radius 3 is 2.72 bits per heavy atom. The molecule has 0 bridgehead atoms. The number of hydrogen-bond acceptors (Lipinski definition) is 2. The van der Waals surface area contributed by atoms with Crippen molar-refractivity contribution >= 4 is 0 Å². The summed E-state index contributed by atoms with van der Waals surface area (Å²) < 4.78 is 5.36. The van der Waals surface area contributed by atoms with Gasteiger partial charge in [0.1, 0.15) is 5.75 Å². The number of methoxy groups -OCH3 is 1. The number of nitrogens with zero attached hydrogens (tertiary/aromatic N) is 1.